The molecule has 8 heteroatoms. The smallest absolute Gasteiger partial charge is 0.326 e. The summed E-state index contributed by atoms with van der Waals surface area (Å²) in [5.41, 5.74) is -0.895. The number of ether oxygens (including phenoxy) is 1. The molecule has 2 saturated carbocycles. The number of nitrogens with zero attached hydrogens (tertiary/aromatic N) is 2. The first-order valence-electron chi connectivity index (χ1n) is 10.4. The predicted octanol–water partition coefficient (Wildman–Crippen LogP) is 1.68. The van der Waals surface area contributed by atoms with Gasteiger partial charge in [-0.15, -0.1) is 0 Å². The average Bonchev–Trinajstić information content (AvgIpc) is 3.45. The van der Waals surface area contributed by atoms with Crippen LogP contribution in [0.5, 0.6) is 0 Å². The fourth-order valence-corrected chi connectivity index (χ4v) is 4.25. The Morgan fingerprint density at radius 1 is 1.25 bits per heavy atom. The SMILES string of the molecule is CCCN(CC1CC1)C(=O)COC(=O)CN1C(=O)N[C@@]2(CCCC[C@H]2C)C1=O. The number of rotatable bonds is 8. The third kappa shape index (κ3) is 4.31. The lowest BCUT2D eigenvalue weighted by Crippen LogP contribution is -2.54. The first kappa shape index (κ1) is 20.6. The van der Waals surface area contributed by atoms with Gasteiger partial charge in [-0.25, -0.2) is 4.79 Å². The zero-order valence-electron chi connectivity index (χ0n) is 16.9. The van der Waals surface area contributed by atoms with E-state index in [1.807, 2.05) is 13.8 Å². The number of nitrogens with one attached hydrogen (secondary N) is 1. The average molecular weight is 393 g/mol. The number of hydrogen-bond donors (Lipinski definition) is 1. The molecule has 1 N–H and O–H groups in total. The number of amides is 4. The Bertz CT molecular complexity index is 648. The fraction of sp³-hybridized carbons (Fsp3) is 0.800. The molecule has 3 fully saturated rings. The first-order valence-corrected chi connectivity index (χ1v) is 10.4. The molecule has 0 aromatic rings. The normalized spacial score (nSPS) is 27.1. The van der Waals surface area contributed by atoms with Gasteiger partial charge in [-0.2, -0.15) is 0 Å². The summed E-state index contributed by atoms with van der Waals surface area (Å²) in [5, 5.41) is 2.81. The van der Waals surface area contributed by atoms with E-state index in [-0.39, 0.29) is 24.3 Å². The van der Waals surface area contributed by atoms with Gasteiger partial charge in [0.15, 0.2) is 6.61 Å². The zero-order chi connectivity index (χ0) is 20.3. The van der Waals surface area contributed by atoms with Gasteiger partial charge in [-0.3, -0.25) is 19.3 Å². The van der Waals surface area contributed by atoms with Gasteiger partial charge in [0.2, 0.25) is 0 Å². The molecular weight excluding hydrogens is 362 g/mol. The largest absolute Gasteiger partial charge is 0.454 e. The summed E-state index contributed by atoms with van der Waals surface area (Å²) in [6.07, 6.45) is 6.49. The van der Waals surface area contributed by atoms with Crippen molar-refractivity contribution in [3.8, 4) is 0 Å². The molecule has 3 rings (SSSR count). The van der Waals surface area contributed by atoms with Crippen LogP contribution in [0.3, 0.4) is 0 Å². The van der Waals surface area contributed by atoms with Crippen LogP contribution in [0.1, 0.15) is 58.8 Å². The minimum atomic E-state index is -0.895. The molecule has 0 radical (unpaired) electrons. The maximum atomic E-state index is 12.9. The summed E-state index contributed by atoms with van der Waals surface area (Å²) in [5.74, 6) is -0.720. The topological polar surface area (TPSA) is 96.0 Å². The van der Waals surface area contributed by atoms with Crippen LogP contribution in [-0.2, 0) is 19.1 Å². The minimum absolute atomic E-state index is 0.0327. The second kappa shape index (κ2) is 8.49. The molecule has 0 aromatic carbocycles. The number of carbonyl (C=O) groups is 4. The second-order valence-electron chi connectivity index (χ2n) is 8.38. The van der Waals surface area contributed by atoms with Crippen LogP contribution in [0, 0.1) is 11.8 Å². The van der Waals surface area contributed by atoms with E-state index in [2.05, 4.69) is 5.32 Å². The molecule has 4 amide bonds. The van der Waals surface area contributed by atoms with Crippen LogP contribution in [0.4, 0.5) is 4.79 Å². The summed E-state index contributed by atoms with van der Waals surface area (Å²) in [4.78, 5) is 52.4. The Labute approximate surface area is 165 Å². The maximum Gasteiger partial charge on any atom is 0.326 e. The van der Waals surface area contributed by atoms with Gasteiger partial charge < -0.3 is 15.0 Å². The lowest BCUT2D eigenvalue weighted by atomic mass is 9.73. The third-order valence-electron chi connectivity index (χ3n) is 6.17. The number of imide groups is 1. The third-order valence-corrected chi connectivity index (χ3v) is 6.17. The van der Waals surface area contributed by atoms with Gasteiger partial charge in [0.05, 0.1) is 0 Å². The Balaban J connectivity index is 1.52. The maximum absolute atomic E-state index is 12.9. The molecule has 8 nitrogen and oxygen atoms in total. The molecule has 2 aliphatic carbocycles. The van der Waals surface area contributed by atoms with Crippen molar-refractivity contribution in [3.05, 3.63) is 0 Å². The van der Waals surface area contributed by atoms with Crippen LogP contribution >= 0.6 is 0 Å². The van der Waals surface area contributed by atoms with Crippen molar-refractivity contribution in [1.82, 2.24) is 15.1 Å². The van der Waals surface area contributed by atoms with Crippen molar-refractivity contribution in [2.45, 2.75) is 64.3 Å². The highest BCUT2D eigenvalue weighted by atomic mass is 16.5. The van der Waals surface area contributed by atoms with E-state index in [9.17, 15) is 19.2 Å². The number of carbonyl (C=O) groups excluding carboxylic acids is 4. The standard InChI is InChI=1S/C20H31N3O5/c1-3-10-22(11-15-7-8-15)16(24)13-28-17(25)12-23-18(26)20(21-19(23)27)9-5-4-6-14(20)2/h14-15H,3-13H2,1-2H3,(H,21,27)/t14-,20-/m1/s1. The Morgan fingerprint density at radius 3 is 2.64 bits per heavy atom. The molecule has 1 saturated heterocycles. The van der Waals surface area contributed by atoms with E-state index in [0.717, 1.165) is 43.4 Å². The van der Waals surface area contributed by atoms with E-state index in [4.69, 9.17) is 4.74 Å². The summed E-state index contributed by atoms with van der Waals surface area (Å²) < 4.78 is 5.09. The van der Waals surface area contributed by atoms with Crippen LogP contribution in [0.15, 0.2) is 0 Å². The lowest BCUT2D eigenvalue weighted by Gasteiger charge is -2.36. The van der Waals surface area contributed by atoms with Crippen LogP contribution in [-0.4, -0.2) is 65.4 Å². The van der Waals surface area contributed by atoms with E-state index in [1.165, 1.54) is 0 Å². The molecule has 28 heavy (non-hydrogen) atoms. The van der Waals surface area contributed by atoms with Gasteiger partial charge in [-0.05, 0) is 43.9 Å². The monoisotopic (exact) mass is 393 g/mol. The van der Waals surface area contributed by atoms with Gasteiger partial charge in [0.25, 0.3) is 11.8 Å². The van der Waals surface area contributed by atoms with Crippen LogP contribution < -0.4 is 5.32 Å². The van der Waals surface area contributed by atoms with E-state index in [0.29, 0.717) is 25.4 Å². The number of urea groups is 1. The van der Waals surface area contributed by atoms with E-state index >= 15 is 0 Å². The molecule has 1 aliphatic heterocycles. The van der Waals surface area contributed by atoms with Gasteiger partial charge >= 0.3 is 12.0 Å². The van der Waals surface area contributed by atoms with Crippen LogP contribution in [0.2, 0.25) is 0 Å². The Kier molecular flexibility index (Phi) is 6.25. The highest BCUT2D eigenvalue weighted by Gasteiger charge is 2.55. The van der Waals surface area contributed by atoms with Gasteiger partial charge in [0.1, 0.15) is 12.1 Å². The highest BCUT2D eigenvalue weighted by Crippen LogP contribution is 2.38. The van der Waals surface area contributed by atoms with Crippen molar-refractivity contribution >= 4 is 23.8 Å². The highest BCUT2D eigenvalue weighted by molar-refractivity contribution is 6.09. The van der Waals surface area contributed by atoms with E-state index < -0.39 is 24.1 Å². The molecular formula is C20H31N3O5. The van der Waals surface area contributed by atoms with Crippen LogP contribution in [0.25, 0.3) is 0 Å². The van der Waals surface area contributed by atoms with E-state index in [1.54, 1.807) is 4.90 Å². The molecule has 0 aromatic heterocycles. The predicted molar refractivity (Wildman–Crippen MR) is 101 cm³/mol. The number of esters is 1. The van der Waals surface area contributed by atoms with Crippen molar-refractivity contribution in [2.75, 3.05) is 26.2 Å². The van der Waals surface area contributed by atoms with Crippen molar-refractivity contribution in [2.24, 2.45) is 11.8 Å². The summed E-state index contributed by atoms with van der Waals surface area (Å²) in [6.45, 7) is 4.50. The van der Waals surface area contributed by atoms with Crippen molar-refractivity contribution in [3.63, 3.8) is 0 Å². The molecule has 0 unspecified atom stereocenters. The van der Waals surface area contributed by atoms with Gasteiger partial charge in [0, 0.05) is 13.1 Å². The fourth-order valence-electron chi connectivity index (χ4n) is 4.25. The Morgan fingerprint density at radius 2 is 2.00 bits per heavy atom. The summed E-state index contributed by atoms with van der Waals surface area (Å²) in [7, 11) is 0. The first-order chi connectivity index (χ1) is 13.4. The summed E-state index contributed by atoms with van der Waals surface area (Å²) in [6, 6.07) is -0.552. The zero-order valence-corrected chi connectivity index (χ0v) is 16.9. The molecule has 1 heterocycles. The Hall–Kier alpha value is -2.12. The van der Waals surface area contributed by atoms with Crippen molar-refractivity contribution in [1.29, 1.82) is 0 Å². The van der Waals surface area contributed by atoms with Crippen molar-refractivity contribution < 1.29 is 23.9 Å². The molecule has 156 valence electrons. The molecule has 3 aliphatic rings. The minimum Gasteiger partial charge on any atom is -0.454 e. The van der Waals surface area contributed by atoms with Gasteiger partial charge in [-0.1, -0.05) is 26.7 Å². The second-order valence-corrected chi connectivity index (χ2v) is 8.38. The molecule has 0 bridgehead atoms. The number of hydrogen-bond acceptors (Lipinski definition) is 5. The molecule has 2 atom stereocenters. The summed E-state index contributed by atoms with van der Waals surface area (Å²) >= 11 is 0. The quantitative estimate of drug-likeness (QED) is 0.500. The molecule has 1 spiro atoms. The lowest BCUT2D eigenvalue weighted by molar-refractivity contribution is -0.154.